The molecule has 13 nitrogen and oxygen atoms in total. The molecule has 4 atom stereocenters. The van der Waals surface area contributed by atoms with E-state index in [1.165, 1.54) is 0 Å². The minimum atomic E-state index is -1.66. The summed E-state index contributed by atoms with van der Waals surface area (Å²) in [6.45, 7) is 1.73. The van der Waals surface area contributed by atoms with Gasteiger partial charge in [-0.2, -0.15) is 0 Å². The summed E-state index contributed by atoms with van der Waals surface area (Å²) in [5.74, 6) is -4.58. The van der Waals surface area contributed by atoms with Gasteiger partial charge in [-0.25, -0.2) is 5.10 Å². The monoisotopic (exact) mass is 596 g/mol. The van der Waals surface area contributed by atoms with Gasteiger partial charge in [-0.15, -0.1) is 16.9 Å². The van der Waals surface area contributed by atoms with Crippen molar-refractivity contribution in [2.24, 2.45) is 0 Å². The molecule has 17 heteroatoms. The quantitative estimate of drug-likeness (QED) is 0.140. The topological polar surface area (TPSA) is 204 Å². The van der Waals surface area contributed by atoms with Gasteiger partial charge in [0.25, 0.3) is 11.8 Å². The van der Waals surface area contributed by atoms with Crippen LogP contribution in [-0.2, 0) is 19.2 Å². The Labute approximate surface area is 304 Å². The SMILES string of the molecule is Cc1ccccc1C(O)C(=O)NC1C(=O)N2C(C(=O)[O-])=C(C(CC(=O)[O-])Sc3nnn[nH]3)CS[C@@H]12.[K+].[K+]. The number of aliphatic hydroxyl groups is 1. The summed E-state index contributed by atoms with van der Waals surface area (Å²) in [6, 6.07) is 5.67. The molecule has 0 aliphatic carbocycles. The van der Waals surface area contributed by atoms with Gasteiger partial charge < -0.3 is 30.2 Å². The number of carbonyl (C=O) groups is 4. The summed E-state index contributed by atoms with van der Waals surface area (Å²) in [7, 11) is 0. The summed E-state index contributed by atoms with van der Waals surface area (Å²) in [6.07, 6.45) is -2.08. The van der Waals surface area contributed by atoms with Gasteiger partial charge in [-0.3, -0.25) is 14.5 Å². The molecule has 3 heterocycles. The Hall–Kier alpha value is -0.157. The number of aliphatic carboxylic acids is 2. The first-order chi connectivity index (χ1) is 16.7. The third-order valence-corrected chi connectivity index (χ3v) is 7.97. The van der Waals surface area contributed by atoms with Gasteiger partial charge in [-0.1, -0.05) is 36.0 Å². The maximum absolute atomic E-state index is 12.9. The van der Waals surface area contributed by atoms with E-state index < -0.39 is 58.6 Å². The van der Waals surface area contributed by atoms with Crippen molar-refractivity contribution in [3.8, 4) is 0 Å². The number of rotatable bonds is 9. The number of carbonyl (C=O) groups excluding carboxylic acids is 4. The average Bonchev–Trinajstić information content (AvgIpc) is 3.33. The number of hydrogen-bond acceptors (Lipinski definition) is 12. The minimum Gasteiger partial charge on any atom is -0.550 e. The van der Waals surface area contributed by atoms with Crippen molar-refractivity contribution in [1.29, 1.82) is 0 Å². The molecule has 3 N–H and O–H groups in total. The number of tetrazole rings is 1. The number of carboxylic acid groups (broad SMARTS) is 2. The Balaban J connectivity index is 0.00000241. The third-order valence-electron chi connectivity index (χ3n) is 5.54. The number of aromatic nitrogens is 4. The van der Waals surface area contributed by atoms with Crippen LogP contribution in [0.15, 0.2) is 40.7 Å². The summed E-state index contributed by atoms with van der Waals surface area (Å²) in [5.41, 5.74) is 0.741. The molecule has 0 spiro atoms. The van der Waals surface area contributed by atoms with Gasteiger partial charge in [0.05, 0.1) is 11.7 Å². The zero-order chi connectivity index (χ0) is 25.3. The van der Waals surface area contributed by atoms with Gasteiger partial charge in [0.2, 0.25) is 5.16 Å². The first kappa shape index (κ1) is 33.1. The van der Waals surface area contributed by atoms with Gasteiger partial charge in [0.15, 0.2) is 6.10 Å². The number of benzene rings is 1. The van der Waals surface area contributed by atoms with Gasteiger partial charge >= 0.3 is 103 Å². The molecule has 1 aromatic heterocycles. The molecule has 4 rings (SSSR count). The molecule has 1 saturated heterocycles. The van der Waals surface area contributed by atoms with E-state index in [9.17, 15) is 34.5 Å². The number of aromatic amines is 1. The van der Waals surface area contributed by atoms with Crippen LogP contribution in [0.25, 0.3) is 0 Å². The number of H-pyrrole nitrogens is 1. The van der Waals surface area contributed by atoms with Crippen LogP contribution in [0, 0.1) is 6.92 Å². The van der Waals surface area contributed by atoms with Gasteiger partial charge in [0, 0.05) is 23.4 Å². The fourth-order valence-corrected chi connectivity index (χ4v) is 6.40. The average molecular weight is 597 g/mol. The van der Waals surface area contributed by atoms with E-state index in [0.29, 0.717) is 11.1 Å². The Bertz CT molecular complexity index is 1220. The maximum atomic E-state index is 12.9. The van der Waals surface area contributed by atoms with E-state index in [2.05, 4.69) is 25.9 Å². The van der Waals surface area contributed by atoms with E-state index in [0.717, 1.165) is 28.4 Å². The molecule has 0 radical (unpaired) electrons. The smallest absolute Gasteiger partial charge is 0.550 e. The number of aryl methyl sites for hydroxylation is 1. The van der Waals surface area contributed by atoms with Crippen molar-refractivity contribution < 1.29 is 137 Å². The predicted molar refractivity (Wildman–Crippen MR) is 117 cm³/mol. The molecule has 2 aliphatic rings. The zero-order valence-electron chi connectivity index (χ0n) is 20.0. The Kier molecular flexibility index (Phi) is 12.9. The molecular formula is C20H18K2N6O7S2. The van der Waals surface area contributed by atoms with Crippen LogP contribution < -0.4 is 118 Å². The van der Waals surface area contributed by atoms with Crippen molar-refractivity contribution >= 4 is 47.3 Å². The second-order valence-electron chi connectivity index (χ2n) is 7.71. The van der Waals surface area contributed by atoms with E-state index in [1.54, 1.807) is 31.2 Å². The second kappa shape index (κ2) is 14.5. The number of fused-ring (bicyclic) bond motifs is 1. The predicted octanol–water partition coefficient (Wildman–Crippen LogP) is -8.75. The van der Waals surface area contributed by atoms with Crippen LogP contribution in [0.4, 0.5) is 0 Å². The van der Waals surface area contributed by atoms with Crippen LogP contribution >= 0.6 is 23.5 Å². The van der Waals surface area contributed by atoms with Gasteiger partial charge in [0.1, 0.15) is 11.4 Å². The largest absolute Gasteiger partial charge is 1.00 e. The van der Waals surface area contributed by atoms with E-state index in [1.807, 2.05) is 0 Å². The van der Waals surface area contributed by atoms with E-state index in [4.69, 9.17) is 0 Å². The Morgan fingerprint density at radius 3 is 2.59 bits per heavy atom. The number of nitrogens with one attached hydrogen (secondary N) is 2. The zero-order valence-corrected chi connectivity index (χ0v) is 27.9. The normalized spacial score (nSPS) is 19.9. The molecule has 1 aromatic carbocycles. The standard InChI is InChI=1S/C20H20N6O7S2.2K/c1-8-4-2-3-5-9(8)15(29)16(30)21-13-17(31)26-14(19(32)33)10(7-34-18(13)26)11(6-12(27)28)35-20-22-24-25-23-20;;/h2-5,11,13,15,18,29H,6-7H2,1H3,(H,21,30)(H,27,28)(H,32,33)(H,22,23,24,25);;/q;2*+1/p-2/t11?,13?,15?,18-;;/m0../s1. The molecular weight excluding hydrogens is 579 g/mol. The van der Waals surface area contributed by atoms with Crippen molar-refractivity contribution in [3.05, 3.63) is 46.7 Å². The molecule has 184 valence electrons. The van der Waals surface area contributed by atoms with Gasteiger partial charge in [-0.05, 0) is 34.1 Å². The molecule has 2 amide bonds. The summed E-state index contributed by atoms with van der Waals surface area (Å²) >= 11 is 2.02. The van der Waals surface area contributed by atoms with E-state index >= 15 is 0 Å². The number of carboxylic acids is 2. The fraction of sp³-hybridized carbons (Fsp3) is 0.350. The van der Waals surface area contributed by atoms with Crippen molar-refractivity contribution in [3.63, 3.8) is 0 Å². The van der Waals surface area contributed by atoms with E-state index in [-0.39, 0.29) is 119 Å². The number of amides is 2. The molecule has 2 aliphatic heterocycles. The van der Waals surface area contributed by atoms with Crippen molar-refractivity contribution in [1.82, 2.24) is 30.8 Å². The summed E-state index contributed by atoms with van der Waals surface area (Å²) in [5, 5.41) is 47.6. The van der Waals surface area contributed by atoms with Crippen LogP contribution in [-0.4, -0.2) is 76.8 Å². The van der Waals surface area contributed by atoms with Crippen molar-refractivity contribution in [2.45, 2.75) is 41.3 Å². The molecule has 0 bridgehead atoms. The first-order valence-electron chi connectivity index (χ1n) is 10.2. The summed E-state index contributed by atoms with van der Waals surface area (Å²) < 4.78 is 0. The second-order valence-corrected chi connectivity index (χ2v) is 10.0. The Morgan fingerprint density at radius 1 is 1.30 bits per heavy atom. The maximum Gasteiger partial charge on any atom is 1.00 e. The van der Waals surface area contributed by atoms with Crippen LogP contribution in [0.1, 0.15) is 23.7 Å². The number of thioether (sulfide) groups is 2. The molecule has 0 saturated carbocycles. The van der Waals surface area contributed by atoms with Crippen LogP contribution in [0.2, 0.25) is 0 Å². The van der Waals surface area contributed by atoms with Crippen LogP contribution in [0.5, 0.6) is 0 Å². The third kappa shape index (κ3) is 7.33. The van der Waals surface area contributed by atoms with Crippen molar-refractivity contribution in [2.75, 3.05) is 5.75 Å². The number of nitrogens with zero attached hydrogens (tertiary/aromatic N) is 4. The summed E-state index contributed by atoms with van der Waals surface area (Å²) in [4.78, 5) is 49.8. The number of aliphatic hydroxyl groups excluding tert-OH is 1. The number of β-lactam (4-membered cyclic amide) rings is 1. The molecule has 37 heavy (non-hydrogen) atoms. The molecule has 1 fully saturated rings. The number of hydrogen-bond donors (Lipinski definition) is 3. The first-order valence-corrected chi connectivity index (χ1v) is 12.1. The molecule has 2 aromatic rings. The minimum absolute atomic E-state index is 0. The fourth-order valence-electron chi connectivity index (χ4n) is 3.87. The molecule has 3 unspecified atom stereocenters. The Morgan fingerprint density at radius 2 is 2.00 bits per heavy atom. The van der Waals surface area contributed by atoms with Crippen LogP contribution in [0.3, 0.4) is 0 Å².